The Morgan fingerprint density at radius 2 is 2.29 bits per heavy atom. The van der Waals surface area contributed by atoms with Crippen LogP contribution in [0.15, 0.2) is 36.9 Å². The van der Waals surface area contributed by atoms with Crippen molar-refractivity contribution in [3.8, 4) is 0 Å². The fourth-order valence-electron chi connectivity index (χ4n) is 1.96. The number of carbonyl (C=O) groups excluding carboxylic acids is 1. The third-order valence-electron chi connectivity index (χ3n) is 2.94. The lowest BCUT2D eigenvalue weighted by molar-refractivity contribution is -0.130. The second-order valence-electron chi connectivity index (χ2n) is 4.49. The molecule has 0 heterocycles. The fourth-order valence-corrected chi connectivity index (χ4v) is 1.96. The van der Waals surface area contributed by atoms with Gasteiger partial charge in [0.05, 0.1) is 6.42 Å². The van der Waals surface area contributed by atoms with E-state index in [4.69, 9.17) is 5.73 Å². The zero-order valence-electron chi connectivity index (χ0n) is 9.93. The molecule has 1 aromatic carbocycles. The highest BCUT2D eigenvalue weighted by Crippen LogP contribution is 2.27. The summed E-state index contributed by atoms with van der Waals surface area (Å²) >= 11 is 0. The van der Waals surface area contributed by atoms with Crippen LogP contribution in [0.3, 0.4) is 0 Å². The summed E-state index contributed by atoms with van der Waals surface area (Å²) in [5.41, 5.74) is 7.38. The molecular formula is C14H18N2O. The maximum Gasteiger partial charge on any atom is 0.227 e. The molecule has 0 aromatic heterocycles. The molecule has 1 amide bonds. The minimum absolute atomic E-state index is 0.165. The number of nitrogens with zero attached hydrogens (tertiary/aromatic N) is 1. The molecule has 3 nitrogen and oxygen atoms in total. The maximum atomic E-state index is 12.1. The van der Waals surface area contributed by atoms with Gasteiger partial charge in [-0.15, -0.1) is 6.58 Å². The molecule has 1 aliphatic carbocycles. The fraction of sp³-hybridized carbons (Fsp3) is 0.357. The summed E-state index contributed by atoms with van der Waals surface area (Å²) in [7, 11) is 0. The van der Waals surface area contributed by atoms with Crippen LogP contribution in [-0.2, 0) is 11.2 Å². The van der Waals surface area contributed by atoms with Gasteiger partial charge in [0.15, 0.2) is 0 Å². The quantitative estimate of drug-likeness (QED) is 0.621. The van der Waals surface area contributed by atoms with Gasteiger partial charge in [-0.2, -0.15) is 0 Å². The first-order valence-corrected chi connectivity index (χ1v) is 5.95. The molecule has 2 rings (SSSR count). The van der Waals surface area contributed by atoms with E-state index in [2.05, 4.69) is 6.58 Å². The number of hydrogen-bond donors (Lipinski definition) is 1. The highest BCUT2D eigenvalue weighted by Gasteiger charge is 2.31. The third-order valence-corrected chi connectivity index (χ3v) is 2.94. The van der Waals surface area contributed by atoms with Gasteiger partial charge in [0.1, 0.15) is 0 Å². The summed E-state index contributed by atoms with van der Waals surface area (Å²) < 4.78 is 0. The highest BCUT2D eigenvalue weighted by atomic mass is 16.2. The van der Waals surface area contributed by atoms with Gasteiger partial charge in [0.25, 0.3) is 0 Å². The van der Waals surface area contributed by atoms with E-state index < -0.39 is 0 Å². The number of amides is 1. The average molecular weight is 230 g/mol. The normalized spacial score (nSPS) is 14.4. The highest BCUT2D eigenvalue weighted by molar-refractivity contribution is 5.79. The standard InChI is InChI=1S/C14H18N2O/c1-2-8-16(13-6-7-13)14(17)10-11-4-3-5-12(15)9-11/h2-5,9,13H,1,6-8,10,15H2. The first-order chi connectivity index (χ1) is 8.20. The summed E-state index contributed by atoms with van der Waals surface area (Å²) in [6, 6.07) is 7.94. The van der Waals surface area contributed by atoms with Crippen LogP contribution in [-0.4, -0.2) is 23.4 Å². The molecule has 0 spiro atoms. The van der Waals surface area contributed by atoms with Crippen molar-refractivity contribution in [1.82, 2.24) is 4.90 Å². The topological polar surface area (TPSA) is 46.3 Å². The van der Waals surface area contributed by atoms with Gasteiger partial charge in [-0.05, 0) is 30.5 Å². The first kappa shape index (κ1) is 11.7. The van der Waals surface area contributed by atoms with Gasteiger partial charge in [-0.1, -0.05) is 18.2 Å². The molecule has 1 aliphatic rings. The Labute approximate surface area is 102 Å². The number of carbonyl (C=O) groups is 1. The molecule has 2 N–H and O–H groups in total. The van der Waals surface area contributed by atoms with Crippen LogP contribution in [0.4, 0.5) is 5.69 Å². The molecule has 1 aromatic rings. The van der Waals surface area contributed by atoms with Gasteiger partial charge >= 0.3 is 0 Å². The number of nitrogens with two attached hydrogens (primary N) is 1. The Hall–Kier alpha value is -1.77. The molecule has 1 saturated carbocycles. The Morgan fingerprint density at radius 3 is 2.88 bits per heavy atom. The average Bonchev–Trinajstić information content (AvgIpc) is 3.09. The number of rotatable bonds is 5. The van der Waals surface area contributed by atoms with Gasteiger partial charge in [0, 0.05) is 18.3 Å². The summed E-state index contributed by atoms with van der Waals surface area (Å²) in [6.45, 7) is 4.34. The number of nitrogen functional groups attached to an aromatic ring is 1. The molecule has 0 aliphatic heterocycles. The lowest BCUT2D eigenvalue weighted by Gasteiger charge is -2.20. The molecule has 0 saturated heterocycles. The maximum absolute atomic E-state index is 12.1. The Balaban J connectivity index is 2.01. The summed E-state index contributed by atoms with van der Waals surface area (Å²) in [5.74, 6) is 0.165. The van der Waals surface area contributed by atoms with E-state index in [0.29, 0.717) is 24.7 Å². The molecule has 90 valence electrons. The molecular weight excluding hydrogens is 212 g/mol. The summed E-state index contributed by atoms with van der Waals surface area (Å²) in [4.78, 5) is 14.0. The zero-order chi connectivity index (χ0) is 12.3. The summed E-state index contributed by atoms with van der Waals surface area (Å²) in [5, 5.41) is 0. The van der Waals surface area contributed by atoms with Gasteiger partial charge in [0.2, 0.25) is 5.91 Å². The van der Waals surface area contributed by atoms with E-state index in [1.54, 1.807) is 6.08 Å². The Morgan fingerprint density at radius 1 is 1.53 bits per heavy atom. The predicted molar refractivity (Wildman–Crippen MR) is 69.5 cm³/mol. The molecule has 0 bridgehead atoms. The van der Waals surface area contributed by atoms with Crippen molar-refractivity contribution >= 4 is 11.6 Å². The zero-order valence-corrected chi connectivity index (χ0v) is 9.93. The van der Waals surface area contributed by atoms with Crippen LogP contribution < -0.4 is 5.73 Å². The van der Waals surface area contributed by atoms with E-state index in [1.807, 2.05) is 29.2 Å². The van der Waals surface area contributed by atoms with Gasteiger partial charge < -0.3 is 10.6 Å². The summed E-state index contributed by atoms with van der Waals surface area (Å²) in [6.07, 6.45) is 4.46. The lowest BCUT2D eigenvalue weighted by atomic mass is 10.1. The number of benzene rings is 1. The van der Waals surface area contributed by atoms with Crippen LogP contribution in [0, 0.1) is 0 Å². The predicted octanol–water partition coefficient (Wildman–Crippen LogP) is 1.99. The van der Waals surface area contributed by atoms with Crippen molar-refractivity contribution < 1.29 is 4.79 Å². The Bertz CT molecular complexity index is 424. The molecule has 0 unspecified atom stereocenters. The van der Waals surface area contributed by atoms with Crippen molar-refractivity contribution in [2.24, 2.45) is 0 Å². The van der Waals surface area contributed by atoms with Crippen molar-refractivity contribution in [2.45, 2.75) is 25.3 Å². The lowest BCUT2D eigenvalue weighted by Crippen LogP contribution is -2.34. The van der Waals surface area contributed by atoms with Crippen molar-refractivity contribution in [3.63, 3.8) is 0 Å². The molecule has 1 fully saturated rings. The van der Waals surface area contributed by atoms with Gasteiger partial charge in [-0.3, -0.25) is 4.79 Å². The monoisotopic (exact) mass is 230 g/mol. The van der Waals surface area contributed by atoms with Crippen LogP contribution >= 0.6 is 0 Å². The van der Waals surface area contributed by atoms with Crippen molar-refractivity contribution in [3.05, 3.63) is 42.5 Å². The number of anilines is 1. The molecule has 3 heteroatoms. The van der Waals surface area contributed by atoms with Crippen LogP contribution in [0.2, 0.25) is 0 Å². The third kappa shape index (κ3) is 3.09. The van der Waals surface area contributed by atoms with Crippen LogP contribution in [0.5, 0.6) is 0 Å². The minimum Gasteiger partial charge on any atom is -0.399 e. The molecule has 0 radical (unpaired) electrons. The van der Waals surface area contributed by atoms with E-state index in [0.717, 1.165) is 18.4 Å². The van der Waals surface area contributed by atoms with Crippen molar-refractivity contribution in [2.75, 3.05) is 12.3 Å². The van der Waals surface area contributed by atoms with E-state index in [9.17, 15) is 4.79 Å². The van der Waals surface area contributed by atoms with Crippen LogP contribution in [0.25, 0.3) is 0 Å². The van der Waals surface area contributed by atoms with E-state index in [1.165, 1.54) is 0 Å². The first-order valence-electron chi connectivity index (χ1n) is 5.95. The Kier molecular flexibility index (Phi) is 3.47. The van der Waals surface area contributed by atoms with E-state index in [-0.39, 0.29) is 5.91 Å². The SMILES string of the molecule is C=CCN(C(=O)Cc1cccc(N)c1)C1CC1. The van der Waals surface area contributed by atoms with Crippen LogP contribution in [0.1, 0.15) is 18.4 Å². The minimum atomic E-state index is 0.165. The molecule has 0 atom stereocenters. The second kappa shape index (κ2) is 5.04. The second-order valence-corrected chi connectivity index (χ2v) is 4.49. The largest absolute Gasteiger partial charge is 0.399 e. The van der Waals surface area contributed by atoms with E-state index >= 15 is 0 Å². The smallest absolute Gasteiger partial charge is 0.227 e. The van der Waals surface area contributed by atoms with Gasteiger partial charge in [-0.25, -0.2) is 0 Å². The molecule has 17 heavy (non-hydrogen) atoms. The van der Waals surface area contributed by atoms with Crippen molar-refractivity contribution in [1.29, 1.82) is 0 Å². The number of hydrogen-bond acceptors (Lipinski definition) is 2.